The first-order chi connectivity index (χ1) is 6.52. The minimum absolute atomic E-state index is 0.124. The van der Waals surface area contributed by atoms with Crippen molar-refractivity contribution in [2.45, 2.75) is 26.2 Å². The molecular weight excluding hydrogens is 184 g/mol. The van der Waals surface area contributed by atoms with Crippen molar-refractivity contribution in [3.8, 4) is 0 Å². The zero-order valence-corrected chi connectivity index (χ0v) is 9.24. The summed E-state index contributed by atoms with van der Waals surface area (Å²) in [4.78, 5) is 11.4. The number of methoxy groups -OCH3 is 2. The highest BCUT2D eigenvalue weighted by Crippen LogP contribution is 1.98. The highest BCUT2D eigenvalue weighted by Gasteiger charge is 2.17. The van der Waals surface area contributed by atoms with E-state index in [0.29, 0.717) is 6.54 Å². The lowest BCUT2D eigenvalue weighted by atomic mass is 10.1. The average molecular weight is 204 g/mol. The number of hydrogen-bond acceptors (Lipinski definition) is 4. The third-order valence-corrected chi connectivity index (χ3v) is 1.99. The van der Waals surface area contributed by atoms with E-state index in [1.54, 1.807) is 0 Å². The van der Waals surface area contributed by atoms with Gasteiger partial charge in [0.1, 0.15) is 0 Å². The first-order valence-corrected chi connectivity index (χ1v) is 4.61. The number of carbonyl (C=O) groups is 1. The lowest BCUT2D eigenvalue weighted by Crippen LogP contribution is -2.46. The molecule has 0 aromatic heterocycles. The van der Waals surface area contributed by atoms with Crippen LogP contribution in [0.5, 0.6) is 0 Å². The maximum Gasteiger partial charge on any atom is 0.237 e. The molecule has 5 heteroatoms. The van der Waals surface area contributed by atoms with Crippen LogP contribution >= 0.6 is 0 Å². The number of nitrogens with two attached hydrogens (primary N) is 1. The predicted octanol–water partition coefficient (Wildman–Crippen LogP) is -0.295. The van der Waals surface area contributed by atoms with Gasteiger partial charge in [-0.1, -0.05) is 13.8 Å². The zero-order chi connectivity index (χ0) is 11.1. The molecule has 0 radical (unpaired) electrons. The van der Waals surface area contributed by atoms with Crippen LogP contribution in [0.25, 0.3) is 0 Å². The van der Waals surface area contributed by atoms with Gasteiger partial charge in [-0.3, -0.25) is 4.79 Å². The lowest BCUT2D eigenvalue weighted by Gasteiger charge is -2.18. The summed E-state index contributed by atoms with van der Waals surface area (Å²) < 4.78 is 9.82. The number of nitrogens with one attached hydrogen (secondary N) is 1. The van der Waals surface area contributed by atoms with E-state index in [9.17, 15) is 4.79 Å². The van der Waals surface area contributed by atoms with Crippen molar-refractivity contribution >= 4 is 5.91 Å². The Kier molecular flexibility index (Phi) is 6.44. The Labute approximate surface area is 84.9 Å². The van der Waals surface area contributed by atoms with E-state index in [1.165, 1.54) is 14.2 Å². The second kappa shape index (κ2) is 6.75. The average Bonchev–Trinajstić information content (AvgIpc) is 2.17. The Morgan fingerprint density at radius 2 is 1.86 bits per heavy atom. The Balaban J connectivity index is 3.83. The van der Waals surface area contributed by atoms with Gasteiger partial charge in [0.15, 0.2) is 6.29 Å². The van der Waals surface area contributed by atoms with Gasteiger partial charge >= 0.3 is 0 Å². The molecule has 0 bridgehead atoms. The number of hydrogen-bond donors (Lipinski definition) is 2. The lowest BCUT2D eigenvalue weighted by molar-refractivity contribution is -0.129. The molecule has 0 saturated carbocycles. The molecule has 0 saturated heterocycles. The summed E-state index contributed by atoms with van der Waals surface area (Å²) in [5.74, 6) is -0.0577. The van der Waals surface area contributed by atoms with Gasteiger partial charge in [0.05, 0.1) is 12.6 Å². The summed E-state index contributed by atoms with van der Waals surface area (Å²) in [5, 5.41) is 2.65. The molecule has 1 amide bonds. The van der Waals surface area contributed by atoms with Crippen molar-refractivity contribution in [1.82, 2.24) is 5.32 Å². The quantitative estimate of drug-likeness (QED) is 0.583. The highest BCUT2D eigenvalue weighted by molar-refractivity contribution is 5.81. The van der Waals surface area contributed by atoms with Crippen LogP contribution in [0, 0.1) is 5.92 Å². The van der Waals surface area contributed by atoms with Crippen LogP contribution in [0.2, 0.25) is 0 Å². The number of ether oxygens (including phenoxy) is 2. The van der Waals surface area contributed by atoms with Crippen molar-refractivity contribution in [1.29, 1.82) is 0 Å². The second-order valence-electron chi connectivity index (χ2n) is 3.42. The van der Waals surface area contributed by atoms with E-state index in [4.69, 9.17) is 15.2 Å². The van der Waals surface area contributed by atoms with Crippen LogP contribution in [-0.2, 0) is 14.3 Å². The molecule has 0 aliphatic heterocycles. The molecule has 3 N–H and O–H groups in total. The van der Waals surface area contributed by atoms with Gasteiger partial charge in [0, 0.05) is 14.2 Å². The minimum Gasteiger partial charge on any atom is -0.354 e. The first-order valence-electron chi connectivity index (χ1n) is 4.61. The number of carbonyl (C=O) groups excluding carboxylic acids is 1. The SMILES string of the molecule is COC(CNC(=O)[C@@H](N)C(C)C)OC. The van der Waals surface area contributed by atoms with Gasteiger partial charge in [-0.05, 0) is 5.92 Å². The second-order valence-corrected chi connectivity index (χ2v) is 3.42. The molecule has 0 spiro atoms. The zero-order valence-electron chi connectivity index (χ0n) is 9.24. The molecular formula is C9H20N2O3. The monoisotopic (exact) mass is 204 g/mol. The highest BCUT2D eigenvalue weighted by atomic mass is 16.7. The molecule has 0 aromatic carbocycles. The topological polar surface area (TPSA) is 73.6 Å². The molecule has 14 heavy (non-hydrogen) atoms. The van der Waals surface area contributed by atoms with E-state index in [-0.39, 0.29) is 11.8 Å². The fourth-order valence-electron chi connectivity index (χ4n) is 0.867. The molecule has 0 fully saturated rings. The van der Waals surface area contributed by atoms with Crippen LogP contribution in [0.1, 0.15) is 13.8 Å². The largest absolute Gasteiger partial charge is 0.354 e. The van der Waals surface area contributed by atoms with E-state index < -0.39 is 12.3 Å². The van der Waals surface area contributed by atoms with E-state index in [1.807, 2.05) is 13.8 Å². The summed E-state index contributed by atoms with van der Waals surface area (Å²) in [5.41, 5.74) is 5.64. The van der Waals surface area contributed by atoms with Gasteiger partial charge < -0.3 is 20.5 Å². The Bertz CT molecular complexity index is 169. The minimum atomic E-state index is -0.482. The van der Waals surface area contributed by atoms with Gasteiger partial charge in [-0.25, -0.2) is 0 Å². The molecule has 0 unspecified atom stereocenters. The van der Waals surface area contributed by atoms with E-state index >= 15 is 0 Å². The summed E-state index contributed by atoms with van der Waals surface area (Å²) in [7, 11) is 3.03. The summed E-state index contributed by atoms with van der Waals surface area (Å²) >= 11 is 0. The van der Waals surface area contributed by atoms with Crippen molar-refractivity contribution in [2.75, 3.05) is 20.8 Å². The normalized spacial score (nSPS) is 13.4. The maximum absolute atomic E-state index is 11.4. The predicted molar refractivity (Wildman–Crippen MR) is 53.6 cm³/mol. The van der Waals surface area contributed by atoms with Crippen LogP contribution in [0.3, 0.4) is 0 Å². The van der Waals surface area contributed by atoms with Crippen molar-refractivity contribution in [3.63, 3.8) is 0 Å². The summed E-state index contributed by atoms with van der Waals surface area (Å²) in [6.45, 7) is 4.11. The first kappa shape index (κ1) is 13.4. The van der Waals surface area contributed by atoms with Crippen LogP contribution < -0.4 is 11.1 Å². The van der Waals surface area contributed by atoms with Crippen molar-refractivity contribution < 1.29 is 14.3 Å². The Morgan fingerprint density at radius 1 is 1.36 bits per heavy atom. The standard InChI is InChI=1S/C9H20N2O3/c1-6(2)8(10)9(12)11-5-7(13-3)14-4/h6-8H,5,10H2,1-4H3,(H,11,12)/t8-/m0/s1. The molecule has 0 rings (SSSR count). The van der Waals surface area contributed by atoms with Crippen LogP contribution in [-0.4, -0.2) is 39.0 Å². The third-order valence-electron chi connectivity index (χ3n) is 1.99. The molecule has 0 aliphatic carbocycles. The Hall–Kier alpha value is -0.650. The van der Waals surface area contributed by atoms with E-state index in [0.717, 1.165) is 0 Å². The summed E-state index contributed by atoms with van der Waals surface area (Å²) in [6, 6.07) is -0.482. The number of rotatable bonds is 6. The van der Waals surface area contributed by atoms with Gasteiger partial charge in [-0.2, -0.15) is 0 Å². The van der Waals surface area contributed by atoms with Gasteiger partial charge in [0.2, 0.25) is 5.91 Å². The molecule has 0 heterocycles. The van der Waals surface area contributed by atoms with E-state index in [2.05, 4.69) is 5.32 Å². The molecule has 84 valence electrons. The molecule has 5 nitrogen and oxygen atoms in total. The van der Waals surface area contributed by atoms with Gasteiger partial charge in [0.25, 0.3) is 0 Å². The fourth-order valence-corrected chi connectivity index (χ4v) is 0.867. The molecule has 0 aliphatic rings. The summed E-state index contributed by atoms with van der Waals surface area (Å²) in [6.07, 6.45) is -0.418. The molecule has 1 atom stereocenters. The molecule has 0 aromatic rings. The van der Waals surface area contributed by atoms with Gasteiger partial charge in [-0.15, -0.1) is 0 Å². The fraction of sp³-hybridized carbons (Fsp3) is 0.889. The number of amides is 1. The smallest absolute Gasteiger partial charge is 0.237 e. The third kappa shape index (κ3) is 4.55. The van der Waals surface area contributed by atoms with Crippen molar-refractivity contribution in [3.05, 3.63) is 0 Å². The van der Waals surface area contributed by atoms with Crippen LogP contribution in [0.4, 0.5) is 0 Å². The maximum atomic E-state index is 11.4. The van der Waals surface area contributed by atoms with Crippen molar-refractivity contribution in [2.24, 2.45) is 11.7 Å². The Morgan fingerprint density at radius 3 is 2.21 bits per heavy atom. The van der Waals surface area contributed by atoms with Crippen LogP contribution in [0.15, 0.2) is 0 Å².